The van der Waals surface area contributed by atoms with E-state index in [0.717, 1.165) is 5.52 Å². The first kappa shape index (κ1) is 11.2. The zero-order valence-electron chi connectivity index (χ0n) is 8.49. The van der Waals surface area contributed by atoms with E-state index in [2.05, 4.69) is 14.7 Å². The van der Waals surface area contributed by atoms with Gasteiger partial charge in [0.2, 0.25) is 10.0 Å². The Morgan fingerprint density at radius 3 is 2.94 bits per heavy atom. The van der Waals surface area contributed by atoms with Crippen LogP contribution in [0.15, 0.2) is 18.5 Å². The Morgan fingerprint density at radius 1 is 1.50 bits per heavy atom. The first-order valence-electron chi connectivity index (χ1n) is 4.65. The topological polar surface area (TPSA) is 74.8 Å². The number of anilines is 1. The Kier molecular flexibility index (Phi) is 2.77. The van der Waals surface area contributed by atoms with Crippen molar-refractivity contribution in [1.82, 2.24) is 9.97 Å². The molecule has 0 fully saturated rings. The largest absolute Gasteiger partial charge is 0.345 e. The van der Waals surface area contributed by atoms with E-state index in [1.807, 2.05) is 0 Å². The average Bonchev–Trinajstić information content (AvgIpc) is 2.65. The van der Waals surface area contributed by atoms with Crippen LogP contribution >= 0.6 is 11.6 Å². The first-order chi connectivity index (χ1) is 7.52. The maximum absolute atomic E-state index is 11.4. The van der Waals surface area contributed by atoms with Crippen molar-refractivity contribution < 1.29 is 8.42 Å². The SMILES string of the molecule is CCS(=O)(=O)Nc1cc2nc[nH]c2cc1Cl. The van der Waals surface area contributed by atoms with E-state index in [9.17, 15) is 8.42 Å². The number of aromatic nitrogens is 2. The molecule has 0 saturated carbocycles. The van der Waals surface area contributed by atoms with Gasteiger partial charge in [-0.1, -0.05) is 11.6 Å². The van der Waals surface area contributed by atoms with Gasteiger partial charge in [0, 0.05) is 0 Å². The highest BCUT2D eigenvalue weighted by Gasteiger charge is 2.11. The van der Waals surface area contributed by atoms with Gasteiger partial charge in [-0.2, -0.15) is 0 Å². The van der Waals surface area contributed by atoms with Crippen LogP contribution in [0.1, 0.15) is 6.92 Å². The highest BCUT2D eigenvalue weighted by atomic mass is 35.5. The smallest absolute Gasteiger partial charge is 0.232 e. The molecule has 86 valence electrons. The number of rotatable bonds is 3. The van der Waals surface area contributed by atoms with Gasteiger partial charge in [-0.15, -0.1) is 0 Å². The lowest BCUT2D eigenvalue weighted by molar-refractivity contribution is 0.602. The van der Waals surface area contributed by atoms with Crippen LogP contribution in [0, 0.1) is 0 Å². The minimum Gasteiger partial charge on any atom is -0.345 e. The maximum Gasteiger partial charge on any atom is 0.232 e. The second kappa shape index (κ2) is 3.95. The number of nitrogens with zero attached hydrogens (tertiary/aromatic N) is 1. The number of halogens is 1. The van der Waals surface area contributed by atoms with Crippen molar-refractivity contribution in [2.24, 2.45) is 0 Å². The van der Waals surface area contributed by atoms with E-state index in [0.29, 0.717) is 16.2 Å². The molecule has 0 bridgehead atoms. The Morgan fingerprint density at radius 2 is 2.25 bits per heavy atom. The summed E-state index contributed by atoms with van der Waals surface area (Å²) in [5.41, 5.74) is 1.78. The van der Waals surface area contributed by atoms with Gasteiger partial charge in [0.25, 0.3) is 0 Å². The minimum atomic E-state index is -3.32. The zero-order valence-corrected chi connectivity index (χ0v) is 10.1. The summed E-state index contributed by atoms with van der Waals surface area (Å²) in [5.74, 6) is 0.00192. The minimum absolute atomic E-state index is 0.00192. The molecule has 0 spiro atoms. The van der Waals surface area contributed by atoms with Gasteiger partial charge in [-0.05, 0) is 19.1 Å². The summed E-state index contributed by atoms with van der Waals surface area (Å²) in [6.45, 7) is 1.56. The predicted molar refractivity (Wildman–Crippen MR) is 64.2 cm³/mol. The van der Waals surface area contributed by atoms with E-state index in [-0.39, 0.29) is 5.75 Å². The second-order valence-electron chi connectivity index (χ2n) is 3.26. The van der Waals surface area contributed by atoms with Crippen molar-refractivity contribution in [3.8, 4) is 0 Å². The van der Waals surface area contributed by atoms with Crippen LogP contribution in [0.5, 0.6) is 0 Å². The van der Waals surface area contributed by atoms with Crippen LogP contribution in [0.4, 0.5) is 5.69 Å². The molecule has 0 amide bonds. The molecule has 0 unspecified atom stereocenters. The number of benzene rings is 1. The number of H-pyrrole nitrogens is 1. The Hall–Kier alpha value is -1.27. The molecule has 1 heterocycles. The van der Waals surface area contributed by atoms with E-state index in [4.69, 9.17) is 11.6 Å². The molecule has 0 saturated heterocycles. The van der Waals surface area contributed by atoms with Crippen molar-refractivity contribution in [2.45, 2.75) is 6.92 Å². The van der Waals surface area contributed by atoms with Crippen molar-refractivity contribution in [3.63, 3.8) is 0 Å². The average molecular weight is 260 g/mol. The fourth-order valence-corrected chi connectivity index (χ4v) is 2.19. The highest BCUT2D eigenvalue weighted by Crippen LogP contribution is 2.27. The van der Waals surface area contributed by atoms with Crippen molar-refractivity contribution in [1.29, 1.82) is 0 Å². The Labute approximate surface area is 97.9 Å². The maximum atomic E-state index is 11.4. The van der Waals surface area contributed by atoms with E-state index >= 15 is 0 Å². The molecule has 0 atom stereocenters. The van der Waals surface area contributed by atoms with Gasteiger partial charge < -0.3 is 4.98 Å². The van der Waals surface area contributed by atoms with Gasteiger partial charge in [0.05, 0.1) is 33.8 Å². The van der Waals surface area contributed by atoms with Gasteiger partial charge in [0.1, 0.15) is 0 Å². The summed E-state index contributed by atoms with van der Waals surface area (Å²) in [5, 5.41) is 0.341. The number of nitrogens with one attached hydrogen (secondary N) is 2. The summed E-state index contributed by atoms with van der Waals surface area (Å²) in [6.07, 6.45) is 1.53. The van der Waals surface area contributed by atoms with Crippen LogP contribution in [0.3, 0.4) is 0 Å². The fourth-order valence-electron chi connectivity index (χ4n) is 1.27. The third-order valence-electron chi connectivity index (χ3n) is 2.15. The van der Waals surface area contributed by atoms with E-state index < -0.39 is 10.0 Å². The summed E-state index contributed by atoms with van der Waals surface area (Å²) in [6, 6.07) is 3.23. The fraction of sp³-hybridized carbons (Fsp3) is 0.222. The molecule has 0 radical (unpaired) electrons. The third kappa shape index (κ3) is 2.12. The quantitative estimate of drug-likeness (QED) is 0.885. The van der Waals surface area contributed by atoms with Crippen LogP contribution in [-0.4, -0.2) is 24.1 Å². The Bertz CT molecular complexity index is 621. The number of aromatic amines is 1. The van der Waals surface area contributed by atoms with Gasteiger partial charge in [0.15, 0.2) is 0 Å². The van der Waals surface area contributed by atoms with E-state index in [1.165, 1.54) is 6.33 Å². The summed E-state index contributed by atoms with van der Waals surface area (Å²) >= 11 is 5.95. The van der Waals surface area contributed by atoms with Crippen LogP contribution in [0.25, 0.3) is 11.0 Å². The lowest BCUT2D eigenvalue weighted by Gasteiger charge is -2.07. The molecule has 0 aliphatic rings. The molecule has 1 aromatic carbocycles. The monoisotopic (exact) mass is 259 g/mol. The molecular formula is C9H10ClN3O2S. The standard InChI is InChI=1S/C9H10ClN3O2S/c1-2-16(14,15)13-7-4-9-8(3-6(7)10)11-5-12-9/h3-5,13H,2H2,1H3,(H,11,12). The van der Waals surface area contributed by atoms with Crippen LogP contribution < -0.4 is 4.72 Å². The molecule has 2 N–H and O–H groups in total. The van der Waals surface area contributed by atoms with Gasteiger partial charge in [-0.3, -0.25) is 4.72 Å². The number of hydrogen-bond donors (Lipinski definition) is 2. The number of fused-ring (bicyclic) bond motifs is 1. The number of imidazole rings is 1. The highest BCUT2D eigenvalue weighted by molar-refractivity contribution is 7.92. The zero-order chi connectivity index (χ0) is 11.8. The molecular weight excluding hydrogens is 250 g/mol. The lowest BCUT2D eigenvalue weighted by Crippen LogP contribution is -2.14. The van der Waals surface area contributed by atoms with Crippen LogP contribution in [-0.2, 0) is 10.0 Å². The first-order valence-corrected chi connectivity index (χ1v) is 6.68. The summed E-state index contributed by atoms with van der Waals surface area (Å²) in [7, 11) is -3.32. The molecule has 16 heavy (non-hydrogen) atoms. The summed E-state index contributed by atoms with van der Waals surface area (Å²) < 4.78 is 25.2. The second-order valence-corrected chi connectivity index (χ2v) is 5.68. The van der Waals surface area contributed by atoms with Gasteiger partial charge in [-0.25, -0.2) is 13.4 Å². The molecule has 5 nitrogen and oxygen atoms in total. The predicted octanol–water partition coefficient (Wildman–Crippen LogP) is 1.98. The lowest BCUT2D eigenvalue weighted by atomic mass is 10.3. The third-order valence-corrected chi connectivity index (χ3v) is 3.76. The molecule has 2 aromatic rings. The Balaban J connectivity index is 2.48. The summed E-state index contributed by atoms with van der Waals surface area (Å²) in [4.78, 5) is 6.92. The molecule has 0 aliphatic heterocycles. The molecule has 2 rings (SSSR count). The molecule has 7 heteroatoms. The van der Waals surface area contributed by atoms with Crippen molar-refractivity contribution in [2.75, 3.05) is 10.5 Å². The number of sulfonamides is 1. The van der Waals surface area contributed by atoms with Gasteiger partial charge >= 0.3 is 0 Å². The van der Waals surface area contributed by atoms with Crippen molar-refractivity contribution >= 4 is 38.3 Å². The molecule has 1 aromatic heterocycles. The molecule has 0 aliphatic carbocycles. The normalized spacial score (nSPS) is 11.9. The van der Waals surface area contributed by atoms with Crippen molar-refractivity contribution in [3.05, 3.63) is 23.5 Å². The number of hydrogen-bond acceptors (Lipinski definition) is 3. The van der Waals surface area contributed by atoms with E-state index in [1.54, 1.807) is 19.1 Å². The van der Waals surface area contributed by atoms with Crippen LogP contribution in [0.2, 0.25) is 5.02 Å².